The Balaban J connectivity index is 1.49. The number of β-lactam (4-membered cyclic amide) rings is 1. The highest BCUT2D eigenvalue weighted by atomic mass is 32.2. The molecule has 0 radical (unpaired) electrons. The molecule has 1 fully saturated rings. The van der Waals surface area contributed by atoms with E-state index in [0.717, 1.165) is 16.7 Å². The van der Waals surface area contributed by atoms with E-state index in [-0.39, 0.29) is 22.1 Å². The third-order valence-electron chi connectivity index (χ3n) is 7.22. The molecule has 1 saturated heterocycles. The molecule has 0 saturated carbocycles. The van der Waals surface area contributed by atoms with Crippen molar-refractivity contribution in [3.8, 4) is 0 Å². The summed E-state index contributed by atoms with van der Waals surface area (Å²) in [7, 11) is -4.17. The molecular weight excluding hydrogens is 641 g/mol. The number of rotatable bonds is 9. The maximum Gasteiger partial charge on any atom is 0.408 e. The van der Waals surface area contributed by atoms with Crippen molar-refractivity contribution in [3.05, 3.63) is 125 Å². The van der Waals surface area contributed by atoms with Gasteiger partial charge in [-0.1, -0.05) is 78.4 Å². The minimum absolute atomic E-state index is 0.0102. The van der Waals surface area contributed by atoms with Crippen molar-refractivity contribution >= 4 is 39.8 Å². The Morgan fingerprint density at radius 3 is 2.09 bits per heavy atom. The first-order valence-corrected chi connectivity index (χ1v) is 17.4. The quantitative estimate of drug-likeness (QED) is 0.126. The van der Waals surface area contributed by atoms with Crippen LogP contribution in [0.2, 0.25) is 0 Å². The second-order valence-electron chi connectivity index (χ2n) is 12.1. The number of esters is 1. The number of hydrogen-bond donors (Lipinski definition) is 1. The number of ether oxygens (including phenoxy) is 2. The molecule has 47 heavy (non-hydrogen) atoms. The number of fused-ring (bicyclic) bond motifs is 1. The summed E-state index contributed by atoms with van der Waals surface area (Å²) >= 11 is 1.30. The SMILES string of the molecule is C/C(=C\C1=C(C(=O)OC(c2ccccc2)c2ccccc2)N2C(=O)C(NC(=O)OC(C)(C)C)C2SC1)OS(=O)(=O)c1ccc(C)cc1. The average Bonchev–Trinajstić information content (AvgIpc) is 3.02. The van der Waals surface area contributed by atoms with Gasteiger partial charge in [0.1, 0.15) is 33.4 Å². The molecule has 2 heterocycles. The lowest BCUT2D eigenvalue weighted by Crippen LogP contribution is -2.70. The smallest absolute Gasteiger partial charge is 0.408 e. The van der Waals surface area contributed by atoms with Crippen molar-refractivity contribution in [1.29, 1.82) is 0 Å². The van der Waals surface area contributed by atoms with Crippen molar-refractivity contribution < 1.29 is 36.5 Å². The first-order chi connectivity index (χ1) is 22.2. The fraction of sp³-hybridized carbons (Fsp3) is 0.286. The number of nitrogens with one attached hydrogen (secondary N) is 1. The van der Waals surface area contributed by atoms with E-state index < -0.39 is 51.2 Å². The maximum absolute atomic E-state index is 14.2. The molecular formula is C35H36N2O8S2. The van der Waals surface area contributed by atoms with Gasteiger partial charge in [-0.2, -0.15) is 8.42 Å². The molecule has 3 aromatic rings. The molecule has 2 atom stereocenters. The van der Waals surface area contributed by atoms with Crippen molar-refractivity contribution in [3.63, 3.8) is 0 Å². The normalized spacial score (nSPS) is 18.3. The molecule has 2 aliphatic rings. The number of allylic oxidation sites excluding steroid dienone is 2. The molecule has 0 spiro atoms. The van der Waals surface area contributed by atoms with E-state index in [0.29, 0.717) is 5.57 Å². The van der Waals surface area contributed by atoms with Gasteiger partial charge in [0.2, 0.25) is 0 Å². The van der Waals surface area contributed by atoms with Gasteiger partial charge in [-0.15, -0.1) is 11.8 Å². The number of carbonyl (C=O) groups is 3. The van der Waals surface area contributed by atoms with Gasteiger partial charge in [-0.25, -0.2) is 9.59 Å². The number of nitrogens with zero attached hydrogens (tertiary/aromatic N) is 1. The number of aryl methyl sites for hydroxylation is 1. The van der Waals surface area contributed by atoms with Crippen molar-refractivity contribution in [2.75, 3.05) is 5.75 Å². The summed E-state index contributed by atoms with van der Waals surface area (Å²) in [4.78, 5) is 41.5. The van der Waals surface area contributed by atoms with Gasteiger partial charge in [-0.05, 0) is 69.5 Å². The summed E-state index contributed by atoms with van der Waals surface area (Å²) in [5.41, 5.74) is 1.82. The first-order valence-electron chi connectivity index (χ1n) is 14.9. The summed E-state index contributed by atoms with van der Waals surface area (Å²) in [6.45, 7) is 8.44. The lowest BCUT2D eigenvalue weighted by atomic mass is 10.0. The monoisotopic (exact) mass is 676 g/mol. The van der Waals surface area contributed by atoms with E-state index in [9.17, 15) is 22.8 Å². The van der Waals surface area contributed by atoms with Gasteiger partial charge in [-0.3, -0.25) is 9.69 Å². The largest absolute Gasteiger partial charge is 0.448 e. The van der Waals surface area contributed by atoms with Crippen LogP contribution in [-0.4, -0.2) is 54.1 Å². The van der Waals surface area contributed by atoms with Gasteiger partial charge in [0, 0.05) is 5.75 Å². The Kier molecular flexibility index (Phi) is 9.83. The molecule has 0 bridgehead atoms. The molecule has 12 heteroatoms. The molecule has 10 nitrogen and oxygen atoms in total. The lowest BCUT2D eigenvalue weighted by molar-refractivity contribution is -0.153. The van der Waals surface area contributed by atoms with Gasteiger partial charge in [0.15, 0.2) is 6.10 Å². The van der Waals surface area contributed by atoms with E-state index in [2.05, 4.69) is 5.32 Å². The van der Waals surface area contributed by atoms with Crippen LogP contribution in [-0.2, 0) is 33.4 Å². The molecule has 3 aromatic carbocycles. The van der Waals surface area contributed by atoms with Crippen LogP contribution in [0.3, 0.4) is 0 Å². The molecule has 0 aliphatic carbocycles. The van der Waals surface area contributed by atoms with Crippen molar-refractivity contribution in [1.82, 2.24) is 10.2 Å². The Bertz CT molecular complexity index is 1780. The van der Waals surface area contributed by atoms with Gasteiger partial charge in [0.05, 0.1) is 0 Å². The number of benzene rings is 3. The first kappa shape index (κ1) is 33.8. The fourth-order valence-electron chi connectivity index (χ4n) is 5.12. The van der Waals surface area contributed by atoms with E-state index in [1.165, 1.54) is 41.8 Å². The lowest BCUT2D eigenvalue weighted by Gasteiger charge is -2.49. The van der Waals surface area contributed by atoms with E-state index in [4.69, 9.17) is 13.7 Å². The van der Waals surface area contributed by atoms with Crippen LogP contribution in [0.5, 0.6) is 0 Å². The topological polar surface area (TPSA) is 128 Å². The Morgan fingerprint density at radius 1 is 0.957 bits per heavy atom. The van der Waals surface area contributed by atoms with Crippen LogP contribution in [0.15, 0.2) is 113 Å². The second kappa shape index (κ2) is 13.7. The molecule has 2 unspecified atom stereocenters. The zero-order chi connectivity index (χ0) is 33.9. The summed E-state index contributed by atoms with van der Waals surface area (Å²) in [6.07, 6.45) is -0.135. The third-order valence-corrected chi connectivity index (χ3v) is 9.86. The van der Waals surface area contributed by atoms with Gasteiger partial charge >= 0.3 is 22.2 Å². The minimum Gasteiger partial charge on any atom is -0.448 e. The zero-order valence-electron chi connectivity index (χ0n) is 26.6. The standard InChI is InChI=1S/C35H36N2O8S2/c1-22-16-18-27(19-17-22)47(41,42)45-23(2)20-26-21-46-32-28(36-34(40)44-35(3,4)5)31(38)37(32)29(26)33(39)43-30(24-12-8-6-9-13-24)25-14-10-7-11-15-25/h6-20,28,30,32H,21H2,1-5H3,(H,36,40)/b23-20+. The van der Waals surface area contributed by atoms with Crippen molar-refractivity contribution in [2.24, 2.45) is 0 Å². The average molecular weight is 677 g/mol. The minimum atomic E-state index is -4.17. The maximum atomic E-state index is 14.2. The Morgan fingerprint density at radius 2 is 1.53 bits per heavy atom. The third kappa shape index (κ3) is 7.88. The highest BCUT2D eigenvalue weighted by Crippen LogP contribution is 2.42. The molecule has 246 valence electrons. The predicted octanol–water partition coefficient (Wildman–Crippen LogP) is 6.00. The van der Waals surface area contributed by atoms with Crippen molar-refractivity contribution in [2.45, 2.75) is 62.6 Å². The number of hydrogen-bond acceptors (Lipinski definition) is 9. The summed E-state index contributed by atoms with van der Waals surface area (Å²) < 4.78 is 42.9. The predicted molar refractivity (Wildman–Crippen MR) is 177 cm³/mol. The summed E-state index contributed by atoms with van der Waals surface area (Å²) in [5.74, 6) is -1.15. The summed E-state index contributed by atoms with van der Waals surface area (Å²) in [5, 5.41) is 1.99. The molecule has 2 aliphatic heterocycles. The highest BCUT2D eigenvalue weighted by molar-refractivity contribution is 8.00. The zero-order valence-corrected chi connectivity index (χ0v) is 28.3. The molecule has 1 N–H and O–H groups in total. The van der Waals surface area contributed by atoms with Crippen LogP contribution in [0.4, 0.5) is 4.79 Å². The van der Waals surface area contributed by atoms with Crippen LogP contribution >= 0.6 is 11.8 Å². The second-order valence-corrected chi connectivity index (χ2v) is 14.8. The highest BCUT2D eigenvalue weighted by Gasteiger charge is 2.55. The number of thioether (sulfide) groups is 1. The van der Waals surface area contributed by atoms with E-state index >= 15 is 0 Å². The number of amides is 2. The van der Waals surface area contributed by atoms with E-state index in [1.54, 1.807) is 32.9 Å². The van der Waals surface area contributed by atoms with Crippen LogP contribution < -0.4 is 5.32 Å². The van der Waals surface area contributed by atoms with Crippen LogP contribution in [0.25, 0.3) is 0 Å². The Labute approximate surface area is 278 Å². The molecule has 5 rings (SSSR count). The van der Waals surface area contributed by atoms with E-state index in [1.807, 2.05) is 67.6 Å². The molecule has 0 aromatic heterocycles. The number of alkyl carbamates (subject to hydrolysis) is 1. The van der Waals surface area contributed by atoms with Crippen LogP contribution in [0.1, 0.15) is 50.5 Å². The van der Waals surface area contributed by atoms with Gasteiger partial charge < -0.3 is 19.0 Å². The van der Waals surface area contributed by atoms with Gasteiger partial charge in [0.25, 0.3) is 5.91 Å². The summed E-state index contributed by atoms with van der Waals surface area (Å²) in [6, 6.07) is 23.7. The van der Waals surface area contributed by atoms with Crippen LogP contribution in [0, 0.1) is 6.92 Å². The molecule has 2 amide bonds. The fourth-order valence-corrected chi connectivity index (χ4v) is 7.39. The Hall–Kier alpha value is -4.55. The number of carbonyl (C=O) groups excluding carboxylic acids is 3.